The number of aliphatic hydroxyl groups is 1. The molecule has 0 heterocycles. The molecule has 2 aromatic rings. The van der Waals surface area contributed by atoms with E-state index in [0.717, 1.165) is 24.1 Å². The molecule has 0 radical (unpaired) electrons. The quantitative estimate of drug-likeness (QED) is 0.410. The van der Waals surface area contributed by atoms with Crippen LogP contribution in [0.25, 0.3) is 0 Å². The van der Waals surface area contributed by atoms with Crippen LogP contribution < -0.4 is 4.74 Å². The number of rotatable bonds is 10. The topological polar surface area (TPSA) is 49.8 Å². The molecule has 0 amide bonds. The van der Waals surface area contributed by atoms with Crippen LogP contribution in [0.15, 0.2) is 48.5 Å². The summed E-state index contributed by atoms with van der Waals surface area (Å²) in [5.74, 6) is 0.434. The lowest BCUT2D eigenvalue weighted by atomic mass is 9.80. The van der Waals surface area contributed by atoms with Gasteiger partial charge in [-0.15, -0.1) is 0 Å². The van der Waals surface area contributed by atoms with Crippen LogP contribution in [-0.4, -0.2) is 36.6 Å². The van der Waals surface area contributed by atoms with Gasteiger partial charge in [-0.3, -0.25) is 4.79 Å². The van der Waals surface area contributed by atoms with Gasteiger partial charge in [-0.05, 0) is 68.6 Å². The lowest BCUT2D eigenvalue weighted by molar-refractivity contribution is -0.135. The summed E-state index contributed by atoms with van der Waals surface area (Å²) < 4.78 is 5.71. The fourth-order valence-electron chi connectivity index (χ4n) is 4.12. The number of ether oxygens (including phenoxy) is 1. The molecule has 31 heavy (non-hydrogen) atoms. The van der Waals surface area contributed by atoms with Gasteiger partial charge in [0.2, 0.25) is 0 Å². The van der Waals surface area contributed by atoms with Gasteiger partial charge < -0.3 is 14.7 Å². The molecule has 0 spiro atoms. The van der Waals surface area contributed by atoms with E-state index in [-0.39, 0.29) is 17.8 Å². The van der Waals surface area contributed by atoms with Crippen LogP contribution in [0.4, 0.5) is 0 Å². The molecular weight excluding hydrogens is 386 g/mol. The summed E-state index contributed by atoms with van der Waals surface area (Å²) in [6.45, 7) is 11.1. The Hall–Kier alpha value is -2.17. The van der Waals surface area contributed by atoms with Gasteiger partial charge in [0.15, 0.2) is 0 Å². The molecule has 170 valence electrons. The van der Waals surface area contributed by atoms with E-state index >= 15 is 0 Å². The van der Waals surface area contributed by atoms with Crippen LogP contribution in [0.5, 0.6) is 5.75 Å². The first-order valence-corrected chi connectivity index (χ1v) is 11.3. The molecule has 4 heteroatoms. The Balaban J connectivity index is 2.15. The highest BCUT2D eigenvalue weighted by atomic mass is 16.5. The van der Waals surface area contributed by atoms with Crippen molar-refractivity contribution in [3.8, 4) is 5.75 Å². The largest absolute Gasteiger partial charge is 0.426 e. The van der Waals surface area contributed by atoms with E-state index in [2.05, 4.69) is 30.9 Å². The zero-order valence-electron chi connectivity index (χ0n) is 20.2. The highest BCUT2D eigenvalue weighted by Gasteiger charge is 2.34. The number of nitrogens with zero attached hydrogens (tertiary/aromatic N) is 1. The minimum atomic E-state index is -0.982. The molecular formula is C27H39NO3. The Morgan fingerprint density at radius 1 is 1.06 bits per heavy atom. The fraction of sp³-hybridized carbons (Fsp3) is 0.519. The van der Waals surface area contributed by atoms with E-state index in [1.807, 2.05) is 59.1 Å². The van der Waals surface area contributed by atoms with Crippen molar-refractivity contribution in [2.45, 2.75) is 59.0 Å². The zero-order valence-corrected chi connectivity index (χ0v) is 20.2. The van der Waals surface area contributed by atoms with Crippen LogP contribution in [0.1, 0.15) is 63.6 Å². The van der Waals surface area contributed by atoms with Crippen molar-refractivity contribution in [2.24, 2.45) is 11.8 Å². The Morgan fingerprint density at radius 2 is 1.71 bits per heavy atom. The fourth-order valence-corrected chi connectivity index (χ4v) is 4.12. The third-order valence-electron chi connectivity index (χ3n) is 6.02. The van der Waals surface area contributed by atoms with Crippen molar-refractivity contribution in [1.29, 1.82) is 0 Å². The van der Waals surface area contributed by atoms with E-state index < -0.39 is 5.60 Å². The van der Waals surface area contributed by atoms with Crippen molar-refractivity contribution in [1.82, 2.24) is 4.90 Å². The van der Waals surface area contributed by atoms with Gasteiger partial charge in [-0.1, -0.05) is 64.1 Å². The summed E-state index contributed by atoms with van der Waals surface area (Å²) in [5, 5.41) is 11.4. The van der Waals surface area contributed by atoms with E-state index in [0.29, 0.717) is 18.1 Å². The van der Waals surface area contributed by atoms with Gasteiger partial charge in [0.1, 0.15) is 5.75 Å². The van der Waals surface area contributed by atoms with E-state index in [9.17, 15) is 9.90 Å². The molecule has 0 saturated heterocycles. The second-order valence-corrected chi connectivity index (χ2v) is 9.45. The highest BCUT2D eigenvalue weighted by molar-refractivity contribution is 5.80. The Bertz CT molecular complexity index is 844. The minimum Gasteiger partial charge on any atom is -0.426 e. The molecule has 2 rings (SSSR count). The number of hydrogen-bond acceptors (Lipinski definition) is 4. The summed E-state index contributed by atoms with van der Waals surface area (Å²) in [6, 6.07) is 15.5. The van der Waals surface area contributed by atoms with Crippen LogP contribution in [0, 0.1) is 11.8 Å². The number of hydrogen-bond donors (Lipinski definition) is 1. The van der Waals surface area contributed by atoms with Crippen molar-refractivity contribution < 1.29 is 14.6 Å². The average molecular weight is 426 g/mol. The average Bonchev–Trinajstić information content (AvgIpc) is 2.72. The second-order valence-electron chi connectivity index (χ2n) is 9.45. The summed E-state index contributed by atoms with van der Waals surface area (Å²) in [7, 11) is 4.00. The minimum absolute atomic E-state index is 0.0294. The molecule has 3 atom stereocenters. The number of carbonyl (C=O) groups is 1. The maximum Gasteiger partial charge on any atom is 0.318 e. The third-order valence-corrected chi connectivity index (χ3v) is 6.02. The predicted molar refractivity (Wildman–Crippen MR) is 127 cm³/mol. The molecule has 0 aromatic heterocycles. The van der Waals surface area contributed by atoms with E-state index in [1.54, 1.807) is 12.1 Å². The number of benzene rings is 2. The van der Waals surface area contributed by atoms with Crippen molar-refractivity contribution >= 4 is 5.97 Å². The first-order valence-electron chi connectivity index (χ1n) is 11.3. The zero-order chi connectivity index (χ0) is 23.2. The summed E-state index contributed by atoms with van der Waals surface area (Å²) in [5.41, 5.74) is 2.02. The number of carbonyl (C=O) groups excluding carboxylic acids is 1. The Kier molecular flexibility index (Phi) is 8.84. The molecule has 1 N–H and O–H groups in total. The van der Waals surface area contributed by atoms with Crippen LogP contribution in [-0.2, 0) is 16.8 Å². The van der Waals surface area contributed by atoms with Crippen LogP contribution >= 0.6 is 0 Å². The summed E-state index contributed by atoms with van der Waals surface area (Å²) in [6.07, 6.45) is 1.61. The molecule has 2 aromatic carbocycles. The van der Waals surface area contributed by atoms with Crippen LogP contribution in [0.3, 0.4) is 0 Å². The van der Waals surface area contributed by atoms with E-state index in [4.69, 9.17) is 4.74 Å². The molecule has 0 fully saturated rings. The lowest BCUT2D eigenvalue weighted by Crippen LogP contribution is -2.38. The van der Waals surface area contributed by atoms with Gasteiger partial charge in [0.25, 0.3) is 0 Å². The molecule has 0 bridgehead atoms. The molecule has 0 aliphatic rings. The van der Waals surface area contributed by atoms with Gasteiger partial charge in [0.05, 0.1) is 11.5 Å². The van der Waals surface area contributed by atoms with E-state index in [1.165, 1.54) is 5.56 Å². The lowest BCUT2D eigenvalue weighted by Gasteiger charge is -2.35. The molecule has 4 nitrogen and oxygen atoms in total. The summed E-state index contributed by atoms with van der Waals surface area (Å²) in [4.78, 5) is 14.9. The van der Waals surface area contributed by atoms with Crippen LogP contribution in [0.2, 0.25) is 0 Å². The summed E-state index contributed by atoms with van der Waals surface area (Å²) >= 11 is 0. The normalized spacial score (nSPS) is 15.5. The first kappa shape index (κ1) is 25.1. The van der Waals surface area contributed by atoms with Crippen molar-refractivity contribution in [3.05, 3.63) is 65.2 Å². The van der Waals surface area contributed by atoms with Gasteiger partial charge in [-0.2, -0.15) is 0 Å². The highest BCUT2D eigenvalue weighted by Crippen LogP contribution is 2.35. The smallest absolute Gasteiger partial charge is 0.318 e. The number of esters is 1. The molecule has 0 aliphatic heterocycles. The van der Waals surface area contributed by atoms with Crippen molar-refractivity contribution in [3.63, 3.8) is 0 Å². The molecule has 0 aliphatic carbocycles. The second kappa shape index (κ2) is 10.9. The SMILES string of the molecule is CC[C@](O)(c1cccc(OC(=O)[C@H](C)c2ccc(CC(C)C)cc2)c1)[C@H](C)CN(C)C. The maximum atomic E-state index is 12.8. The van der Waals surface area contributed by atoms with Gasteiger partial charge in [-0.25, -0.2) is 0 Å². The molecule has 0 unspecified atom stereocenters. The third kappa shape index (κ3) is 6.65. The van der Waals surface area contributed by atoms with Gasteiger partial charge in [0, 0.05) is 12.5 Å². The molecule has 0 saturated carbocycles. The monoisotopic (exact) mass is 425 g/mol. The van der Waals surface area contributed by atoms with Gasteiger partial charge >= 0.3 is 5.97 Å². The van der Waals surface area contributed by atoms with Crippen molar-refractivity contribution in [2.75, 3.05) is 20.6 Å². The Morgan fingerprint density at radius 3 is 2.26 bits per heavy atom. The Labute approximate surface area is 188 Å². The predicted octanol–water partition coefficient (Wildman–Crippen LogP) is 5.39. The maximum absolute atomic E-state index is 12.8. The first-order chi connectivity index (χ1) is 14.6. The standard InChI is InChI=1S/C27H39NO3/c1-8-27(30,20(4)18-28(6)7)24-10-9-11-25(17-24)31-26(29)21(5)23-14-12-22(13-15-23)16-19(2)3/h9-15,17,19-21,30H,8,16,18H2,1-7H3/t20-,21-,27-/m1/s1.